The van der Waals surface area contributed by atoms with Gasteiger partial charge in [-0.05, 0) is 44.7 Å². The Labute approximate surface area is 131 Å². The molecule has 120 valence electrons. The Hall–Kier alpha value is -1.62. The Morgan fingerprint density at radius 3 is 2.95 bits per heavy atom. The monoisotopic (exact) mass is 303 g/mol. The number of nitrogens with zero attached hydrogens (tertiary/aromatic N) is 1. The van der Waals surface area contributed by atoms with Gasteiger partial charge in [0.2, 0.25) is 0 Å². The van der Waals surface area contributed by atoms with Crippen molar-refractivity contribution >= 4 is 6.03 Å². The van der Waals surface area contributed by atoms with Crippen LogP contribution in [0.3, 0.4) is 0 Å². The Morgan fingerprint density at radius 1 is 1.41 bits per heavy atom. The summed E-state index contributed by atoms with van der Waals surface area (Å²) >= 11 is 0. The Balaban J connectivity index is 1.51. The lowest BCUT2D eigenvalue weighted by atomic mass is 9.89. The number of hydrogen-bond donors (Lipinski definition) is 2. The predicted octanol–water partition coefficient (Wildman–Crippen LogP) is 2.93. The smallest absolute Gasteiger partial charge is 0.315 e. The van der Waals surface area contributed by atoms with Gasteiger partial charge in [-0.15, -0.1) is 0 Å². The molecule has 2 heterocycles. The second kappa shape index (κ2) is 6.65. The van der Waals surface area contributed by atoms with Crippen molar-refractivity contribution < 1.29 is 9.53 Å². The van der Waals surface area contributed by atoms with Gasteiger partial charge in [-0.25, -0.2) is 4.79 Å². The SMILES string of the molecule is C[C@H](NC(=O)N[C@H]1CCOC2(CCCC2)C1)c1ccccn1. The number of amides is 2. The maximum absolute atomic E-state index is 12.2. The van der Waals surface area contributed by atoms with Crippen LogP contribution in [0.4, 0.5) is 4.79 Å². The molecule has 0 radical (unpaired) electrons. The number of nitrogens with one attached hydrogen (secondary N) is 2. The Kier molecular flexibility index (Phi) is 4.62. The largest absolute Gasteiger partial charge is 0.375 e. The Morgan fingerprint density at radius 2 is 2.23 bits per heavy atom. The number of carbonyl (C=O) groups is 1. The molecule has 0 bridgehead atoms. The fourth-order valence-corrected chi connectivity index (χ4v) is 3.65. The third-order valence-electron chi connectivity index (χ3n) is 4.82. The van der Waals surface area contributed by atoms with Crippen LogP contribution in [0.1, 0.15) is 57.2 Å². The molecule has 2 amide bonds. The first-order valence-electron chi connectivity index (χ1n) is 8.29. The second-order valence-electron chi connectivity index (χ2n) is 6.52. The van der Waals surface area contributed by atoms with Crippen LogP contribution in [-0.2, 0) is 4.74 Å². The molecule has 0 aromatic carbocycles. The van der Waals surface area contributed by atoms with E-state index in [-0.39, 0.29) is 23.7 Å². The van der Waals surface area contributed by atoms with Crippen LogP contribution < -0.4 is 10.6 Å². The van der Waals surface area contributed by atoms with Crippen molar-refractivity contribution in [2.75, 3.05) is 6.61 Å². The molecule has 2 N–H and O–H groups in total. The normalized spacial score (nSPS) is 24.9. The van der Waals surface area contributed by atoms with Gasteiger partial charge in [0.1, 0.15) is 0 Å². The summed E-state index contributed by atoms with van der Waals surface area (Å²) in [4.78, 5) is 16.5. The second-order valence-corrected chi connectivity index (χ2v) is 6.52. The van der Waals surface area contributed by atoms with E-state index in [1.54, 1.807) is 6.20 Å². The summed E-state index contributed by atoms with van der Waals surface area (Å²) < 4.78 is 6.01. The molecule has 1 aliphatic carbocycles. The van der Waals surface area contributed by atoms with Gasteiger partial charge in [-0.2, -0.15) is 0 Å². The molecule has 0 unspecified atom stereocenters. The van der Waals surface area contributed by atoms with E-state index in [1.165, 1.54) is 12.8 Å². The summed E-state index contributed by atoms with van der Waals surface area (Å²) in [5.74, 6) is 0. The van der Waals surface area contributed by atoms with Crippen molar-refractivity contribution in [1.82, 2.24) is 15.6 Å². The quantitative estimate of drug-likeness (QED) is 0.902. The highest BCUT2D eigenvalue weighted by molar-refractivity contribution is 5.74. The van der Waals surface area contributed by atoms with Crippen molar-refractivity contribution in [1.29, 1.82) is 0 Å². The van der Waals surface area contributed by atoms with Crippen molar-refractivity contribution in [3.8, 4) is 0 Å². The fourth-order valence-electron chi connectivity index (χ4n) is 3.65. The molecule has 2 atom stereocenters. The van der Waals surface area contributed by atoms with Gasteiger partial charge in [0.25, 0.3) is 0 Å². The zero-order valence-electron chi connectivity index (χ0n) is 13.2. The average molecular weight is 303 g/mol. The van der Waals surface area contributed by atoms with Gasteiger partial charge in [0.15, 0.2) is 0 Å². The summed E-state index contributed by atoms with van der Waals surface area (Å²) in [6, 6.07) is 5.73. The number of pyridine rings is 1. The lowest BCUT2D eigenvalue weighted by Crippen LogP contribution is -2.50. The molecular weight excluding hydrogens is 278 g/mol. The van der Waals surface area contributed by atoms with E-state index in [1.807, 2.05) is 25.1 Å². The maximum atomic E-state index is 12.2. The molecular formula is C17H25N3O2. The minimum atomic E-state index is -0.113. The van der Waals surface area contributed by atoms with Gasteiger partial charge < -0.3 is 15.4 Å². The summed E-state index contributed by atoms with van der Waals surface area (Å²) in [6.07, 6.45) is 8.35. The lowest BCUT2D eigenvalue weighted by Gasteiger charge is -2.38. The van der Waals surface area contributed by atoms with Crippen LogP contribution >= 0.6 is 0 Å². The predicted molar refractivity (Wildman–Crippen MR) is 84.5 cm³/mol. The van der Waals surface area contributed by atoms with Gasteiger partial charge in [-0.3, -0.25) is 4.98 Å². The summed E-state index contributed by atoms with van der Waals surface area (Å²) in [7, 11) is 0. The van der Waals surface area contributed by atoms with E-state index in [0.717, 1.165) is 38.0 Å². The number of aromatic nitrogens is 1. The molecule has 1 aromatic heterocycles. The molecule has 5 nitrogen and oxygen atoms in total. The zero-order valence-corrected chi connectivity index (χ0v) is 13.2. The molecule has 1 aromatic rings. The van der Waals surface area contributed by atoms with Gasteiger partial charge >= 0.3 is 6.03 Å². The van der Waals surface area contributed by atoms with Gasteiger partial charge in [-0.1, -0.05) is 18.9 Å². The molecule has 2 aliphatic rings. The Bertz CT molecular complexity index is 500. The molecule has 1 saturated heterocycles. The average Bonchev–Trinajstić information content (AvgIpc) is 2.95. The van der Waals surface area contributed by atoms with Crippen LogP contribution in [0.5, 0.6) is 0 Å². The van der Waals surface area contributed by atoms with Crippen LogP contribution in [0.25, 0.3) is 0 Å². The highest BCUT2D eigenvalue weighted by Gasteiger charge is 2.40. The molecule has 1 aliphatic heterocycles. The van der Waals surface area contributed by atoms with E-state index in [4.69, 9.17) is 4.74 Å². The number of carbonyl (C=O) groups excluding carboxylic acids is 1. The van der Waals surface area contributed by atoms with E-state index < -0.39 is 0 Å². The van der Waals surface area contributed by atoms with Crippen LogP contribution in [0, 0.1) is 0 Å². The molecule has 1 spiro atoms. The summed E-state index contributed by atoms with van der Waals surface area (Å²) in [5.41, 5.74) is 0.903. The van der Waals surface area contributed by atoms with E-state index in [0.29, 0.717) is 0 Å². The lowest BCUT2D eigenvalue weighted by molar-refractivity contribution is -0.0820. The number of ether oxygens (including phenoxy) is 1. The van der Waals surface area contributed by atoms with Crippen molar-refractivity contribution in [3.63, 3.8) is 0 Å². The van der Waals surface area contributed by atoms with Crippen molar-refractivity contribution in [2.45, 2.75) is 63.1 Å². The fraction of sp³-hybridized carbons (Fsp3) is 0.647. The third kappa shape index (κ3) is 3.58. The first-order valence-corrected chi connectivity index (χ1v) is 8.29. The van der Waals surface area contributed by atoms with E-state index >= 15 is 0 Å². The van der Waals surface area contributed by atoms with Crippen LogP contribution in [0.2, 0.25) is 0 Å². The zero-order chi connectivity index (χ0) is 15.4. The minimum Gasteiger partial charge on any atom is -0.375 e. The van der Waals surface area contributed by atoms with E-state index in [9.17, 15) is 4.79 Å². The topological polar surface area (TPSA) is 63.2 Å². The molecule has 3 rings (SSSR count). The number of rotatable bonds is 3. The summed E-state index contributed by atoms with van der Waals surface area (Å²) in [6.45, 7) is 2.70. The third-order valence-corrected chi connectivity index (χ3v) is 4.82. The van der Waals surface area contributed by atoms with Crippen molar-refractivity contribution in [3.05, 3.63) is 30.1 Å². The van der Waals surface area contributed by atoms with Crippen molar-refractivity contribution in [2.24, 2.45) is 0 Å². The van der Waals surface area contributed by atoms with Gasteiger partial charge in [0.05, 0.1) is 17.3 Å². The van der Waals surface area contributed by atoms with E-state index in [2.05, 4.69) is 15.6 Å². The van der Waals surface area contributed by atoms with Crippen LogP contribution in [0.15, 0.2) is 24.4 Å². The minimum absolute atomic E-state index is 0.0306. The first-order chi connectivity index (χ1) is 10.7. The molecule has 22 heavy (non-hydrogen) atoms. The number of urea groups is 1. The molecule has 1 saturated carbocycles. The highest BCUT2D eigenvalue weighted by atomic mass is 16.5. The number of hydrogen-bond acceptors (Lipinski definition) is 3. The standard InChI is InChI=1S/C17H25N3O2/c1-13(15-6-2-5-10-18-15)19-16(21)20-14-7-11-22-17(12-14)8-3-4-9-17/h2,5-6,10,13-14H,3-4,7-9,11-12H2,1H3,(H2,19,20,21)/t13-,14-/m0/s1. The first kappa shape index (κ1) is 15.3. The summed E-state index contributed by atoms with van der Waals surface area (Å²) in [5, 5.41) is 6.08. The van der Waals surface area contributed by atoms with Crippen LogP contribution in [-0.4, -0.2) is 29.3 Å². The molecule has 5 heteroatoms. The van der Waals surface area contributed by atoms with Gasteiger partial charge in [0, 0.05) is 18.8 Å². The molecule has 2 fully saturated rings. The maximum Gasteiger partial charge on any atom is 0.315 e. The highest BCUT2D eigenvalue weighted by Crippen LogP contribution is 2.39.